The monoisotopic (exact) mass is 346 g/mol. The summed E-state index contributed by atoms with van der Waals surface area (Å²) in [5.74, 6) is 0. The molecule has 0 N–H and O–H groups in total. The van der Waals surface area contributed by atoms with Crippen LogP contribution in [0.1, 0.15) is 58.4 Å². The topological polar surface area (TPSA) is 43.4 Å². The van der Waals surface area contributed by atoms with E-state index in [9.17, 15) is 9.90 Å². The van der Waals surface area contributed by atoms with Crippen molar-refractivity contribution < 1.29 is 9.90 Å². The van der Waals surface area contributed by atoms with Crippen LogP contribution in [0, 0.1) is 0 Å². The largest absolute Gasteiger partial charge is 0.498 e. The minimum absolute atomic E-state index is 0.0358. The zero-order valence-electron chi connectivity index (χ0n) is 16.5. The number of nitrogens with zero attached hydrogens (tertiary/aromatic N) is 2. The predicted molar refractivity (Wildman–Crippen MR) is 103 cm³/mol. The second-order valence-electron chi connectivity index (χ2n) is 8.41. The van der Waals surface area contributed by atoms with Crippen LogP contribution in [0.4, 0.5) is 10.5 Å². The number of carboxylic acid groups (broad SMARTS) is 1. The first kappa shape index (κ1) is 19.9. The van der Waals surface area contributed by atoms with Gasteiger partial charge >= 0.3 is 0 Å². The maximum absolute atomic E-state index is 12.3. The zero-order valence-corrected chi connectivity index (χ0v) is 16.5. The molecule has 0 saturated heterocycles. The Bertz CT molecular complexity index is 591. The van der Waals surface area contributed by atoms with Crippen LogP contribution in [-0.4, -0.2) is 44.2 Å². The Morgan fingerprint density at radius 1 is 1.24 bits per heavy atom. The third-order valence-electron chi connectivity index (χ3n) is 5.82. The summed E-state index contributed by atoms with van der Waals surface area (Å²) in [7, 11) is 4.14. The van der Waals surface area contributed by atoms with Gasteiger partial charge in [-0.1, -0.05) is 32.4 Å². The van der Waals surface area contributed by atoms with E-state index in [0.717, 1.165) is 37.9 Å². The molecule has 4 heteroatoms. The Kier molecular flexibility index (Phi) is 6.28. The molecule has 0 radical (unpaired) electrons. The minimum Gasteiger partial charge on any atom is -0.498 e. The van der Waals surface area contributed by atoms with Crippen molar-refractivity contribution in [2.45, 2.75) is 64.3 Å². The van der Waals surface area contributed by atoms with Gasteiger partial charge in [0.1, 0.15) is 5.69 Å². The van der Waals surface area contributed by atoms with Gasteiger partial charge in [-0.15, -0.1) is 0 Å². The molecule has 1 saturated carbocycles. The normalized spacial score (nSPS) is 19.0. The summed E-state index contributed by atoms with van der Waals surface area (Å²) in [5.41, 5.74) is 2.02. The maximum atomic E-state index is 12.3. The minimum atomic E-state index is -0.961. The van der Waals surface area contributed by atoms with E-state index in [1.807, 2.05) is 19.1 Å². The average Bonchev–Trinajstić information content (AvgIpc) is 2.56. The van der Waals surface area contributed by atoms with Gasteiger partial charge in [0.15, 0.2) is 0 Å². The summed E-state index contributed by atoms with van der Waals surface area (Å²) in [5, 5.41) is 12.3. The number of likely N-dealkylation sites (N-methyl/N-ethyl adjacent to an activating group) is 1. The summed E-state index contributed by atoms with van der Waals surface area (Å²) in [6, 6.07) is 8.33. The number of carbonyl (C=O) groups is 1. The van der Waals surface area contributed by atoms with Gasteiger partial charge in [0.25, 0.3) is 6.09 Å². The number of benzene rings is 1. The lowest BCUT2D eigenvalue weighted by Gasteiger charge is -2.45. The van der Waals surface area contributed by atoms with E-state index in [0.29, 0.717) is 6.54 Å². The van der Waals surface area contributed by atoms with Crippen LogP contribution in [0.3, 0.4) is 0 Å². The van der Waals surface area contributed by atoms with Crippen LogP contribution < -0.4 is 9.59 Å². The lowest BCUT2D eigenvalue weighted by Crippen LogP contribution is -2.66. The molecular weight excluding hydrogens is 312 g/mol. The molecule has 1 aromatic carbocycles. The van der Waals surface area contributed by atoms with Crippen LogP contribution >= 0.6 is 0 Å². The Labute approximate surface area is 153 Å². The van der Waals surface area contributed by atoms with Crippen LogP contribution in [0.25, 0.3) is 0 Å². The average molecular weight is 347 g/mol. The van der Waals surface area contributed by atoms with Gasteiger partial charge in [-0.3, -0.25) is 0 Å². The lowest BCUT2D eigenvalue weighted by atomic mass is 9.83. The van der Waals surface area contributed by atoms with E-state index in [2.05, 4.69) is 45.0 Å². The summed E-state index contributed by atoms with van der Waals surface area (Å²) >= 11 is 0. The molecule has 0 aliphatic heterocycles. The molecule has 1 aromatic rings. The van der Waals surface area contributed by atoms with Crippen molar-refractivity contribution >= 4 is 11.8 Å². The molecule has 1 amide bonds. The highest BCUT2D eigenvalue weighted by atomic mass is 16.4. The van der Waals surface area contributed by atoms with Gasteiger partial charge in [-0.25, -0.2) is 4.48 Å². The molecule has 0 spiro atoms. The van der Waals surface area contributed by atoms with Gasteiger partial charge in [-0.2, -0.15) is 0 Å². The van der Waals surface area contributed by atoms with Crippen LogP contribution in [-0.2, 0) is 5.41 Å². The SMILES string of the molecule is CC[N+](C(=O)[O-])(c1cccc(C(C)(C)CN(C)C)c1)C1CCCCC1. The first-order chi connectivity index (χ1) is 11.7. The van der Waals surface area contributed by atoms with Gasteiger partial charge < -0.3 is 14.8 Å². The fourth-order valence-electron chi connectivity index (χ4n) is 4.61. The van der Waals surface area contributed by atoms with Crippen LogP contribution in [0.2, 0.25) is 0 Å². The fraction of sp³-hybridized carbons (Fsp3) is 0.667. The van der Waals surface area contributed by atoms with Crippen LogP contribution in [0.5, 0.6) is 0 Å². The molecule has 0 heterocycles. The van der Waals surface area contributed by atoms with Gasteiger partial charge in [0.2, 0.25) is 0 Å². The van der Waals surface area contributed by atoms with E-state index < -0.39 is 6.09 Å². The second kappa shape index (κ2) is 7.88. The molecule has 140 valence electrons. The quantitative estimate of drug-likeness (QED) is 0.740. The summed E-state index contributed by atoms with van der Waals surface area (Å²) in [6.45, 7) is 7.85. The Balaban J connectivity index is 2.48. The molecular formula is C21H34N2O2. The summed E-state index contributed by atoms with van der Waals surface area (Å²) < 4.78 is -0.0358. The van der Waals surface area contributed by atoms with E-state index in [-0.39, 0.29) is 15.9 Å². The van der Waals surface area contributed by atoms with E-state index in [1.54, 1.807) is 0 Å². The van der Waals surface area contributed by atoms with Crippen molar-refractivity contribution in [3.63, 3.8) is 0 Å². The van der Waals surface area contributed by atoms with Gasteiger partial charge in [0, 0.05) is 30.9 Å². The van der Waals surface area contributed by atoms with Crippen molar-refractivity contribution in [2.24, 2.45) is 0 Å². The van der Waals surface area contributed by atoms with Crippen molar-refractivity contribution in [3.05, 3.63) is 29.8 Å². The van der Waals surface area contributed by atoms with Crippen molar-refractivity contribution in [1.82, 2.24) is 9.38 Å². The number of quaternary nitrogens is 1. The van der Waals surface area contributed by atoms with Gasteiger partial charge in [-0.05, 0) is 45.5 Å². The molecule has 1 atom stereocenters. The highest BCUT2D eigenvalue weighted by molar-refractivity contribution is 5.80. The van der Waals surface area contributed by atoms with Crippen molar-refractivity contribution in [1.29, 1.82) is 0 Å². The zero-order chi connectivity index (χ0) is 18.7. The Morgan fingerprint density at radius 2 is 1.88 bits per heavy atom. The smallest absolute Gasteiger partial charge is 0.262 e. The molecule has 1 fully saturated rings. The second-order valence-corrected chi connectivity index (χ2v) is 8.41. The van der Waals surface area contributed by atoms with Crippen molar-refractivity contribution in [3.8, 4) is 0 Å². The first-order valence-electron chi connectivity index (χ1n) is 9.59. The van der Waals surface area contributed by atoms with Gasteiger partial charge in [0.05, 0.1) is 12.6 Å². The summed E-state index contributed by atoms with van der Waals surface area (Å²) in [4.78, 5) is 14.5. The molecule has 0 aromatic heterocycles. The molecule has 2 rings (SSSR count). The Hall–Kier alpha value is -1.39. The third kappa shape index (κ3) is 4.06. The predicted octanol–water partition coefficient (Wildman–Crippen LogP) is 3.53. The molecule has 1 unspecified atom stereocenters. The van der Waals surface area contributed by atoms with Crippen LogP contribution in [0.15, 0.2) is 24.3 Å². The number of rotatable bonds is 6. The number of hydrogen-bond acceptors (Lipinski definition) is 3. The first-order valence-corrected chi connectivity index (χ1v) is 9.59. The number of carbonyl (C=O) groups excluding carboxylic acids is 1. The third-order valence-corrected chi connectivity index (χ3v) is 5.82. The summed E-state index contributed by atoms with van der Waals surface area (Å²) in [6.07, 6.45) is 4.41. The maximum Gasteiger partial charge on any atom is 0.262 e. The molecule has 1 aliphatic rings. The number of amides is 1. The fourth-order valence-corrected chi connectivity index (χ4v) is 4.61. The standard InChI is InChI=1S/C21H34N2O2/c1-6-23(20(24)25,18-12-8-7-9-13-18)19-14-10-11-17(15-19)21(2,3)16-22(4)5/h10-11,14-15,18H,6-9,12-13,16H2,1-5H3. The highest BCUT2D eigenvalue weighted by Gasteiger charge is 2.41. The van der Waals surface area contributed by atoms with Crippen molar-refractivity contribution in [2.75, 3.05) is 27.2 Å². The highest BCUT2D eigenvalue weighted by Crippen LogP contribution is 2.36. The lowest BCUT2D eigenvalue weighted by molar-refractivity contribution is -0.266. The Morgan fingerprint density at radius 3 is 2.40 bits per heavy atom. The number of hydrogen-bond donors (Lipinski definition) is 0. The molecule has 4 nitrogen and oxygen atoms in total. The van der Waals surface area contributed by atoms with E-state index in [4.69, 9.17) is 0 Å². The molecule has 1 aliphatic carbocycles. The molecule has 0 bridgehead atoms. The molecule has 25 heavy (non-hydrogen) atoms. The van der Waals surface area contributed by atoms with E-state index >= 15 is 0 Å². The van der Waals surface area contributed by atoms with E-state index in [1.165, 1.54) is 12.0 Å².